The number of nitrogens with zero attached hydrogens (tertiary/aromatic N) is 6. The zero-order valence-electron chi connectivity index (χ0n) is 28.5. The van der Waals surface area contributed by atoms with Gasteiger partial charge in [0.15, 0.2) is 5.82 Å². The number of likely N-dealkylation sites (tertiary alicyclic amines) is 1. The number of rotatable bonds is 11. The van der Waals surface area contributed by atoms with E-state index in [0.29, 0.717) is 65.3 Å². The van der Waals surface area contributed by atoms with Crippen LogP contribution in [0, 0.1) is 0 Å². The standard InChI is InChI=1S/C37H39Cl2N9O3/c1-22(49)47-15-13-25(14-16-47)41-20-32-45-37-42-18-24(21-48(37)46-32)27-5-3-6-28(34(27)38)29-7-4-8-30(35(29)39)31-11-9-23(36(44-31)51-2)17-40-19-26-10-12-33(50)43-26/h3-9,11,18,21,25-26,40-41H,10,12-17,19-20H2,1-2H3,(H,43,50)/t26-/m0/s1. The number of pyridine rings is 1. The van der Waals surface area contributed by atoms with E-state index in [1.165, 1.54) is 0 Å². The van der Waals surface area contributed by atoms with Crippen molar-refractivity contribution in [3.63, 3.8) is 0 Å². The van der Waals surface area contributed by atoms with Crippen LogP contribution in [0.1, 0.15) is 44.0 Å². The minimum Gasteiger partial charge on any atom is -0.481 e. The van der Waals surface area contributed by atoms with Crippen molar-refractivity contribution in [2.24, 2.45) is 0 Å². The second kappa shape index (κ2) is 15.3. The first-order chi connectivity index (χ1) is 24.8. The molecule has 2 aliphatic heterocycles. The molecule has 0 bridgehead atoms. The number of benzene rings is 2. The van der Waals surface area contributed by atoms with Gasteiger partial charge in [0, 0.05) is 97.4 Å². The third-order valence-corrected chi connectivity index (χ3v) is 10.3. The third kappa shape index (κ3) is 7.69. The molecule has 2 aromatic carbocycles. The van der Waals surface area contributed by atoms with Crippen molar-refractivity contribution in [1.82, 2.24) is 45.4 Å². The quantitative estimate of drug-likeness (QED) is 0.165. The number of carbonyl (C=O) groups is 2. The zero-order valence-corrected chi connectivity index (χ0v) is 30.0. The van der Waals surface area contributed by atoms with Crippen LogP contribution in [0.5, 0.6) is 5.88 Å². The molecule has 0 radical (unpaired) electrons. The maximum absolute atomic E-state index is 11.6. The summed E-state index contributed by atoms with van der Waals surface area (Å²) < 4.78 is 7.32. The molecule has 0 aliphatic carbocycles. The minimum absolute atomic E-state index is 0.0984. The summed E-state index contributed by atoms with van der Waals surface area (Å²) in [6.45, 7) is 4.87. The molecule has 14 heteroatoms. The number of halogens is 2. The first-order valence-corrected chi connectivity index (χ1v) is 17.8. The first-order valence-electron chi connectivity index (χ1n) is 17.1. The first kappa shape index (κ1) is 34.8. The molecule has 2 fully saturated rings. The second-order valence-electron chi connectivity index (χ2n) is 12.9. The van der Waals surface area contributed by atoms with Crippen LogP contribution in [-0.4, -0.2) is 80.1 Å². The lowest BCUT2D eigenvalue weighted by Gasteiger charge is -2.31. The molecule has 2 amide bonds. The number of ether oxygens (including phenoxy) is 1. The molecule has 2 saturated heterocycles. The van der Waals surface area contributed by atoms with E-state index < -0.39 is 0 Å². The van der Waals surface area contributed by atoms with Gasteiger partial charge >= 0.3 is 0 Å². The van der Waals surface area contributed by atoms with E-state index in [1.54, 1.807) is 24.7 Å². The van der Waals surface area contributed by atoms with E-state index >= 15 is 0 Å². The molecular weight excluding hydrogens is 689 g/mol. The highest BCUT2D eigenvalue weighted by atomic mass is 35.5. The summed E-state index contributed by atoms with van der Waals surface area (Å²) >= 11 is 14.2. The Kier molecular flexibility index (Phi) is 10.5. The Bertz CT molecular complexity index is 2080. The van der Waals surface area contributed by atoms with Gasteiger partial charge < -0.3 is 25.6 Å². The van der Waals surface area contributed by atoms with Gasteiger partial charge in [0.1, 0.15) is 0 Å². The Balaban J connectivity index is 1.08. The fraction of sp³-hybridized carbons (Fsp3) is 0.351. The lowest BCUT2D eigenvalue weighted by atomic mass is 9.97. The molecule has 7 rings (SSSR count). The van der Waals surface area contributed by atoms with E-state index in [1.807, 2.05) is 59.6 Å². The van der Waals surface area contributed by atoms with Crippen LogP contribution in [0.2, 0.25) is 10.0 Å². The molecule has 1 atom stereocenters. The summed E-state index contributed by atoms with van der Waals surface area (Å²) in [5.74, 6) is 1.86. The topological polar surface area (TPSA) is 139 Å². The number of hydrogen-bond acceptors (Lipinski definition) is 9. The third-order valence-electron chi connectivity index (χ3n) is 9.52. The fourth-order valence-electron chi connectivity index (χ4n) is 6.72. The lowest BCUT2D eigenvalue weighted by Crippen LogP contribution is -2.44. The number of fused-ring (bicyclic) bond motifs is 1. The summed E-state index contributed by atoms with van der Waals surface area (Å²) in [6, 6.07) is 16.0. The van der Waals surface area contributed by atoms with Crippen molar-refractivity contribution in [2.45, 2.75) is 57.8 Å². The van der Waals surface area contributed by atoms with Crippen molar-refractivity contribution in [1.29, 1.82) is 0 Å². The summed E-state index contributed by atoms with van der Waals surface area (Å²) in [5, 5.41) is 15.6. The average molecular weight is 729 g/mol. The average Bonchev–Trinajstić information content (AvgIpc) is 3.76. The smallest absolute Gasteiger partial charge is 0.252 e. The number of methoxy groups -OCH3 is 1. The molecule has 0 spiro atoms. The van der Waals surface area contributed by atoms with Gasteiger partial charge in [0.05, 0.1) is 29.4 Å². The van der Waals surface area contributed by atoms with Gasteiger partial charge in [-0.3, -0.25) is 9.59 Å². The Labute approximate surface area is 305 Å². The van der Waals surface area contributed by atoms with Crippen molar-refractivity contribution in [3.8, 4) is 39.4 Å². The van der Waals surface area contributed by atoms with Crippen LogP contribution < -0.4 is 20.7 Å². The predicted molar refractivity (Wildman–Crippen MR) is 196 cm³/mol. The van der Waals surface area contributed by atoms with Crippen LogP contribution >= 0.6 is 23.2 Å². The summed E-state index contributed by atoms with van der Waals surface area (Å²) in [6.07, 6.45) is 6.83. The van der Waals surface area contributed by atoms with Crippen LogP contribution in [0.3, 0.4) is 0 Å². The van der Waals surface area contributed by atoms with Crippen LogP contribution in [-0.2, 0) is 22.7 Å². The molecule has 51 heavy (non-hydrogen) atoms. The highest BCUT2D eigenvalue weighted by Gasteiger charge is 2.22. The molecule has 0 unspecified atom stereocenters. The molecule has 2 aliphatic rings. The van der Waals surface area contributed by atoms with E-state index in [2.05, 4.69) is 31.0 Å². The zero-order chi connectivity index (χ0) is 35.5. The van der Waals surface area contributed by atoms with Gasteiger partial charge in [0.25, 0.3) is 5.78 Å². The van der Waals surface area contributed by atoms with E-state index in [4.69, 9.17) is 32.9 Å². The SMILES string of the molecule is COc1nc(-c2cccc(-c3cccc(-c4cnc5nc(CNC6CCN(C(C)=O)CC6)nn5c4)c3Cl)c2Cl)ccc1CNC[C@@H]1CCC(=O)N1. The summed E-state index contributed by atoms with van der Waals surface area (Å²) in [5.41, 5.74) is 5.43. The number of carbonyl (C=O) groups excluding carboxylic acids is 2. The van der Waals surface area contributed by atoms with E-state index in [0.717, 1.165) is 65.7 Å². The van der Waals surface area contributed by atoms with Crippen molar-refractivity contribution >= 4 is 40.8 Å². The summed E-state index contributed by atoms with van der Waals surface area (Å²) in [4.78, 5) is 39.0. The van der Waals surface area contributed by atoms with Gasteiger partial charge in [-0.05, 0) is 25.3 Å². The van der Waals surface area contributed by atoms with Gasteiger partial charge in [-0.25, -0.2) is 14.5 Å². The maximum Gasteiger partial charge on any atom is 0.252 e. The second-order valence-corrected chi connectivity index (χ2v) is 13.7. The van der Waals surface area contributed by atoms with Gasteiger partial charge in [-0.2, -0.15) is 4.98 Å². The minimum atomic E-state index is 0.0984. The van der Waals surface area contributed by atoms with E-state index in [9.17, 15) is 9.59 Å². The maximum atomic E-state index is 11.6. The molecular formula is C37H39Cl2N9O3. The number of hydrogen-bond donors (Lipinski definition) is 3. The fourth-order valence-corrected chi connectivity index (χ4v) is 7.38. The predicted octanol–water partition coefficient (Wildman–Crippen LogP) is 5.30. The highest BCUT2D eigenvalue weighted by molar-refractivity contribution is 6.39. The lowest BCUT2D eigenvalue weighted by molar-refractivity contribution is -0.130. The van der Waals surface area contributed by atoms with Crippen LogP contribution in [0.15, 0.2) is 60.9 Å². The van der Waals surface area contributed by atoms with E-state index in [-0.39, 0.29) is 17.9 Å². The van der Waals surface area contributed by atoms with Gasteiger partial charge in [-0.1, -0.05) is 65.7 Å². The molecule has 264 valence electrons. The number of aromatic nitrogens is 5. The normalized spacial score (nSPS) is 16.5. The monoisotopic (exact) mass is 727 g/mol. The van der Waals surface area contributed by atoms with Crippen molar-refractivity contribution in [3.05, 3.63) is 82.4 Å². The van der Waals surface area contributed by atoms with Crippen molar-refractivity contribution < 1.29 is 14.3 Å². The van der Waals surface area contributed by atoms with Crippen LogP contribution in [0.25, 0.3) is 39.3 Å². The number of piperidine rings is 1. The van der Waals surface area contributed by atoms with Gasteiger partial charge in [-0.15, -0.1) is 5.10 Å². The largest absolute Gasteiger partial charge is 0.481 e. The van der Waals surface area contributed by atoms with Crippen molar-refractivity contribution in [2.75, 3.05) is 26.7 Å². The van der Waals surface area contributed by atoms with Gasteiger partial charge in [0.2, 0.25) is 17.7 Å². The molecule has 3 aromatic heterocycles. The Morgan fingerprint density at radius 1 is 0.961 bits per heavy atom. The Hall–Kier alpha value is -4.62. The summed E-state index contributed by atoms with van der Waals surface area (Å²) in [7, 11) is 1.60. The molecule has 3 N–H and O–H groups in total. The van der Waals surface area contributed by atoms with Crippen LogP contribution in [0.4, 0.5) is 0 Å². The number of nitrogens with one attached hydrogen (secondary N) is 3. The molecule has 0 saturated carbocycles. The Morgan fingerprint density at radius 3 is 2.39 bits per heavy atom. The number of amides is 2. The molecule has 5 heterocycles. The highest BCUT2D eigenvalue weighted by Crippen LogP contribution is 2.42. The molecule has 12 nitrogen and oxygen atoms in total. The molecule has 5 aromatic rings. The Morgan fingerprint density at radius 2 is 1.69 bits per heavy atom.